The first-order valence-corrected chi connectivity index (χ1v) is 5.88. The van der Waals surface area contributed by atoms with Crippen LogP contribution in [0.3, 0.4) is 0 Å². The van der Waals surface area contributed by atoms with Crippen molar-refractivity contribution in [1.82, 2.24) is 10.6 Å². The van der Waals surface area contributed by atoms with Crippen LogP contribution in [0.4, 0.5) is 0 Å². The molecule has 1 aromatic rings. The Bertz CT molecular complexity index is 337. The lowest BCUT2D eigenvalue weighted by atomic mass is 10.1. The van der Waals surface area contributed by atoms with Crippen LogP contribution in [-0.4, -0.2) is 26.7 Å². The number of nitrogens with one attached hydrogen (secondary N) is 2. The van der Waals surface area contributed by atoms with Gasteiger partial charge in [0.2, 0.25) is 0 Å². The SMILES string of the molecule is COc1ccc(Br)c(C2CNCCN2)c1. The van der Waals surface area contributed by atoms with Crippen LogP contribution in [0.25, 0.3) is 0 Å². The maximum atomic E-state index is 5.23. The Labute approximate surface area is 98.3 Å². The summed E-state index contributed by atoms with van der Waals surface area (Å²) in [5, 5.41) is 6.85. The average Bonchev–Trinajstić information content (AvgIpc) is 2.31. The average molecular weight is 271 g/mol. The van der Waals surface area contributed by atoms with Crippen LogP contribution in [-0.2, 0) is 0 Å². The van der Waals surface area contributed by atoms with Crippen LogP contribution < -0.4 is 15.4 Å². The van der Waals surface area contributed by atoms with Gasteiger partial charge < -0.3 is 15.4 Å². The Balaban J connectivity index is 2.24. The quantitative estimate of drug-likeness (QED) is 0.858. The third kappa shape index (κ3) is 2.51. The number of piperazine rings is 1. The first-order valence-electron chi connectivity index (χ1n) is 5.09. The van der Waals surface area contributed by atoms with Crippen molar-refractivity contribution >= 4 is 15.9 Å². The minimum absolute atomic E-state index is 0.364. The van der Waals surface area contributed by atoms with Gasteiger partial charge in [0.1, 0.15) is 5.75 Å². The number of halogens is 1. The van der Waals surface area contributed by atoms with Crippen molar-refractivity contribution in [3.63, 3.8) is 0 Å². The summed E-state index contributed by atoms with van der Waals surface area (Å²) < 4.78 is 6.36. The number of benzene rings is 1. The van der Waals surface area contributed by atoms with Gasteiger partial charge >= 0.3 is 0 Å². The fourth-order valence-electron chi connectivity index (χ4n) is 1.79. The summed E-state index contributed by atoms with van der Waals surface area (Å²) in [5.41, 5.74) is 1.25. The maximum Gasteiger partial charge on any atom is 0.119 e. The summed E-state index contributed by atoms with van der Waals surface area (Å²) in [5.74, 6) is 0.903. The van der Waals surface area contributed by atoms with Gasteiger partial charge in [-0.25, -0.2) is 0 Å². The van der Waals surface area contributed by atoms with Gasteiger partial charge in [-0.05, 0) is 23.8 Å². The summed E-state index contributed by atoms with van der Waals surface area (Å²) >= 11 is 3.57. The second kappa shape index (κ2) is 4.96. The van der Waals surface area contributed by atoms with Gasteiger partial charge in [0, 0.05) is 30.1 Å². The zero-order chi connectivity index (χ0) is 10.7. The molecule has 1 saturated heterocycles. The third-order valence-corrected chi connectivity index (χ3v) is 3.34. The smallest absolute Gasteiger partial charge is 0.119 e. The van der Waals surface area contributed by atoms with Crippen LogP contribution in [0.15, 0.2) is 22.7 Å². The summed E-state index contributed by atoms with van der Waals surface area (Å²) in [6, 6.07) is 6.44. The predicted molar refractivity (Wildman–Crippen MR) is 64.3 cm³/mol. The van der Waals surface area contributed by atoms with E-state index in [-0.39, 0.29) is 0 Å². The van der Waals surface area contributed by atoms with Crippen LogP contribution >= 0.6 is 15.9 Å². The largest absolute Gasteiger partial charge is 0.497 e. The van der Waals surface area contributed by atoms with E-state index in [0.717, 1.165) is 29.9 Å². The molecule has 0 aromatic heterocycles. The fourth-order valence-corrected chi connectivity index (χ4v) is 2.31. The highest BCUT2D eigenvalue weighted by Crippen LogP contribution is 2.27. The van der Waals surface area contributed by atoms with Crippen molar-refractivity contribution in [2.75, 3.05) is 26.7 Å². The van der Waals surface area contributed by atoms with Gasteiger partial charge in [-0.1, -0.05) is 15.9 Å². The molecule has 0 saturated carbocycles. The summed E-state index contributed by atoms with van der Waals surface area (Å²) in [6.45, 7) is 3.01. The first kappa shape index (κ1) is 10.9. The molecule has 1 aromatic carbocycles. The minimum atomic E-state index is 0.364. The van der Waals surface area contributed by atoms with Crippen molar-refractivity contribution in [3.8, 4) is 5.75 Å². The maximum absolute atomic E-state index is 5.23. The lowest BCUT2D eigenvalue weighted by molar-refractivity contribution is 0.406. The van der Waals surface area contributed by atoms with Gasteiger partial charge in [0.15, 0.2) is 0 Å². The molecule has 1 aliphatic heterocycles. The molecule has 2 rings (SSSR count). The number of ether oxygens (including phenoxy) is 1. The number of methoxy groups -OCH3 is 1. The van der Waals surface area contributed by atoms with E-state index in [0.29, 0.717) is 6.04 Å². The van der Waals surface area contributed by atoms with Crippen LogP contribution in [0.1, 0.15) is 11.6 Å². The molecule has 2 N–H and O–H groups in total. The fraction of sp³-hybridized carbons (Fsp3) is 0.455. The Morgan fingerprint density at radius 3 is 2.93 bits per heavy atom. The van der Waals surface area contributed by atoms with Gasteiger partial charge in [-0.3, -0.25) is 0 Å². The van der Waals surface area contributed by atoms with Crippen molar-refractivity contribution in [2.24, 2.45) is 0 Å². The van der Waals surface area contributed by atoms with Gasteiger partial charge in [0.05, 0.1) is 7.11 Å². The van der Waals surface area contributed by atoms with Crippen LogP contribution in [0, 0.1) is 0 Å². The summed E-state index contributed by atoms with van der Waals surface area (Å²) in [7, 11) is 1.69. The van der Waals surface area contributed by atoms with E-state index in [1.807, 2.05) is 12.1 Å². The topological polar surface area (TPSA) is 33.3 Å². The molecule has 0 aliphatic carbocycles. The number of rotatable bonds is 2. The molecule has 4 heteroatoms. The molecule has 0 radical (unpaired) electrons. The zero-order valence-corrected chi connectivity index (χ0v) is 10.3. The van der Waals surface area contributed by atoms with E-state index >= 15 is 0 Å². The molecule has 82 valence electrons. The monoisotopic (exact) mass is 270 g/mol. The molecule has 15 heavy (non-hydrogen) atoms. The summed E-state index contributed by atoms with van der Waals surface area (Å²) in [6.07, 6.45) is 0. The van der Waals surface area contributed by atoms with Gasteiger partial charge in [-0.2, -0.15) is 0 Å². The van der Waals surface area contributed by atoms with Crippen LogP contribution in [0.5, 0.6) is 5.75 Å². The van der Waals surface area contributed by atoms with Crippen molar-refractivity contribution in [2.45, 2.75) is 6.04 Å². The van der Waals surface area contributed by atoms with E-state index in [9.17, 15) is 0 Å². The lowest BCUT2D eigenvalue weighted by Gasteiger charge is -2.26. The third-order valence-electron chi connectivity index (χ3n) is 2.62. The molecule has 0 bridgehead atoms. The molecule has 1 unspecified atom stereocenters. The predicted octanol–water partition coefficient (Wildman–Crippen LogP) is 1.69. The molecule has 1 aliphatic rings. The number of hydrogen-bond donors (Lipinski definition) is 2. The van der Waals surface area contributed by atoms with Gasteiger partial charge in [-0.15, -0.1) is 0 Å². The van der Waals surface area contributed by atoms with E-state index < -0.39 is 0 Å². The Kier molecular flexibility index (Phi) is 3.61. The minimum Gasteiger partial charge on any atom is -0.497 e. The lowest BCUT2D eigenvalue weighted by Crippen LogP contribution is -2.42. The highest BCUT2D eigenvalue weighted by molar-refractivity contribution is 9.10. The van der Waals surface area contributed by atoms with E-state index in [2.05, 4.69) is 32.6 Å². The molecule has 0 amide bonds. The molecule has 1 heterocycles. The molecule has 1 atom stereocenters. The summed E-state index contributed by atoms with van der Waals surface area (Å²) in [4.78, 5) is 0. The van der Waals surface area contributed by atoms with Crippen molar-refractivity contribution in [1.29, 1.82) is 0 Å². The van der Waals surface area contributed by atoms with Crippen molar-refractivity contribution < 1.29 is 4.74 Å². The van der Waals surface area contributed by atoms with E-state index in [1.54, 1.807) is 7.11 Å². The Morgan fingerprint density at radius 2 is 2.27 bits per heavy atom. The Morgan fingerprint density at radius 1 is 1.40 bits per heavy atom. The highest BCUT2D eigenvalue weighted by Gasteiger charge is 2.17. The Hall–Kier alpha value is -0.580. The van der Waals surface area contributed by atoms with Crippen molar-refractivity contribution in [3.05, 3.63) is 28.2 Å². The van der Waals surface area contributed by atoms with Gasteiger partial charge in [0.25, 0.3) is 0 Å². The molecule has 0 spiro atoms. The van der Waals surface area contributed by atoms with Crippen LogP contribution in [0.2, 0.25) is 0 Å². The highest BCUT2D eigenvalue weighted by atomic mass is 79.9. The standard InChI is InChI=1S/C11H15BrN2O/c1-15-8-2-3-10(12)9(6-8)11-7-13-4-5-14-11/h2-3,6,11,13-14H,4-5,7H2,1H3. The number of hydrogen-bond acceptors (Lipinski definition) is 3. The first-order chi connectivity index (χ1) is 7.31. The van der Waals surface area contributed by atoms with E-state index in [4.69, 9.17) is 4.74 Å². The normalized spacial score (nSPS) is 21.3. The molecule has 3 nitrogen and oxygen atoms in total. The molecule has 1 fully saturated rings. The zero-order valence-electron chi connectivity index (χ0n) is 8.72. The molecular formula is C11H15BrN2O. The molecular weight excluding hydrogens is 256 g/mol. The van der Waals surface area contributed by atoms with E-state index in [1.165, 1.54) is 5.56 Å². The second-order valence-electron chi connectivity index (χ2n) is 3.60. The second-order valence-corrected chi connectivity index (χ2v) is 4.45.